The molecule has 1 nitrogen and oxygen atoms in total. The summed E-state index contributed by atoms with van der Waals surface area (Å²) in [5, 5.41) is 0. The van der Waals surface area contributed by atoms with E-state index in [1.807, 2.05) is 0 Å². The fraction of sp³-hybridized carbons (Fsp3) is 1.00. The largest absolute Gasteiger partial charge is 0.303 e. The number of hydrogen-bond donors (Lipinski definition) is 0. The second-order valence-electron chi connectivity index (χ2n) is 5.77. The summed E-state index contributed by atoms with van der Waals surface area (Å²) in [7, 11) is 0. The van der Waals surface area contributed by atoms with Crippen LogP contribution < -0.4 is 0 Å². The summed E-state index contributed by atoms with van der Waals surface area (Å²) in [5.74, 6) is 1.46. The zero-order valence-corrected chi connectivity index (χ0v) is 10.7. The highest BCUT2D eigenvalue weighted by atomic mass is 35.5. The molecule has 2 heteroatoms. The normalized spacial score (nSPS) is 28.4. The molecule has 88 valence electrons. The van der Waals surface area contributed by atoms with E-state index in [1.54, 1.807) is 0 Å². The van der Waals surface area contributed by atoms with Crippen LogP contribution in [0.5, 0.6) is 0 Å². The average molecular weight is 230 g/mol. The second-order valence-corrected chi connectivity index (χ2v) is 6.08. The number of alkyl halides is 1. The summed E-state index contributed by atoms with van der Waals surface area (Å²) in [6.07, 6.45) is 8.87. The molecule has 2 aliphatic rings. The Morgan fingerprint density at radius 1 is 1.13 bits per heavy atom. The first kappa shape index (κ1) is 11.7. The van der Waals surface area contributed by atoms with Crippen LogP contribution in [0, 0.1) is 11.3 Å². The van der Waals surface area contributed by atoms with Crippen molar-refractivity contribution in [1.82, 2.24) is 4.90 Å². The standard InChI is InChI=1S/C13H24ClN/c1-12(10-14)11-15-8-6-13(7-9-15)4-2-3-5-13/h12H,2-11H2,1H3. The van der Waals surface area contributed by atoms with Gasteiger partial charge in [0.25, 0.3) is 0 Å². The number of nitrogens with zero attached hydrogens (tertiary/aromatic N) is 1. The summed E-state index contributed by atoms with van der Waals surface area (Å²) in [6, 6.07) is 0. The van der Waals surface area contributed by atoms with Crippen molar-refractivity contribution in [3.05, 3.63) is 0 Å². The van der Waals surface area contributed by atoms with Crippen molar-refractivity contribution in [3.8, 4) is 0 Å². The maximum atomic E-state index is 5.87. The van der Waals surface area contributed by atoms with Crippen LogP contribution in [0.2, 0.25) is 0 Å². The Morgan fingerprint density at radius 3 is 2.27 bits per heavy atom. The summed E-state index contributed by atoms with van der Waals surface area (Å²) in [6.45, 7) is 6.11. The third-order valence-electron chi connectivity index (χ3n) is 4.41. The minimum absolute atomic E-state index is 0.657. The Hall–Kier alpha value is 0.250. The molecule has 0 radical (unpaired) electrons. The number of likely N-dealkylation sites (tertiary alicyclic amines) is 1. The van der Waals surface area contributed by atoms with Crippen molar-refractivity contribution in [3.63, 3.8) is 0 Å². The van der Waals surface area contributed by atoms with Gasteiger partial charge in [0, 0.05) is 12.4 Å². The van der Waals surface area contributed by atoms with Crippen LogP contribution in [0.4, 0.5) is 0 Å². The lowest BCUT2D eigenvalue weighted by Crippen LogP contribution is -2.40. The molecule has 1 aliphatic heterocycles. The fourth-order valence-corrected chi connectivity index (χ4v) is 3.42. The molecular formula is C13H24ClN. The third-order valence-corrected chi connectivity index (χ3v) is 4.94. The van der Waals surface area contributed by atoms with Crippen LogP contribution >= 0.6 is 11.6 Å². The minimum atomic E-state index is 0.657. The van der Waals surface area contributed by atoms with Gasteiger partial charge in [-0.2, -0.15) is 0 Å². The lowest BCUT2D eigenvalue weighted by atomic mass is 9.77. The second kappa shape index (κ2) is 5.05. The average Bonchev–Trinajstić information content (AvgIpc) is 2.70. The van der Waals surface area contributed by atoms with Gasteiger partial charge < -0.3 is 4.90 Å². The van der Waals surface area contributed by atoms with Crippen molar-refractivity contribution < 1.29 is 0 Å². The molecule has 1 atom stereocenters. The first-order valence-electron chi connectivity index (χ1n) is 6.52. The van der Waals surface area contributed by atoms with Crippen molar-refractivity contribution in [2.45, 2.75) is 45.4 Å². The Morgan fingerprint density at radius 2 is 1.73 bits per heavy atom. The fourth-order valence-electron chi connectivity index (χ4n) is 3.32. The van der Waals surface area contributed by atoms with E-state index in [0.717, 1.165) is 11.3 Å². The Kier molecular flexibility index (Phi) is 3.95. The van der Waals surface area contributed by atoms with Gasteiger partial charge in [0.05, 0.1) is 0 Å². The van der Waals surface area contributed by atoms with Gasteiger partial charge in [-0.05, 0) is 50.1 Å². The van der Waals surface area contributed by atoms with Gasteiger partial charge in [-0.15, -0.1) is 11.6 Å². The number of hydrogen-bond acceptors (Lipinski definition) is 1. The first-order valence-corrected chi connectivity index (χ1v) is 7.06. The highest BCUT2D eigenvalue weighted by Gasteiger charge is 2.36. The van der Waals surface area contributed by atoms with Gasteiger partial charge in [0.15, 0.2) is 0 Å². The monoisotopic (exact) mass is 229 g/mol. The van der Waals surface area contributed by atoms with Crippen LogP contribution in [-0.4, -0.2) is 30.4 Å². The molecule has 2 fully saturated rings. The molecule has 0 N–H and O–H groups in total. The Bertz CT molecular complexity index is 189. The SMILES string of the molecule is CC(CCl)CN1CCC2(CCCC2)CC1. The van der Waals surface area contributed by atoms with E-state index in [-0.39, 0.29) is 0 Å². The van der Waals surface area contributed by atoms with Crippen LogP contribution in [0.1, 0.15) is 45.4 Å². The van der Waals surface area contributed by atoms with Gasteiger partial charge in [0.1, 0.15) is 0 Å². The zero-order chi connectivity index (χ0) is 10.7. The van der Waals surface area contributed by atoms with Crippen molar-refractivity contribution in [1.29, 1.82) is 0 Å². The van der Waals surface area contributed by atoms with E-state index in [1.165, 1.54) is 58.2 Å². The number of rotatable bonds is 3. The van der Waals surface area contributed by atoms with Gasteiger partial charge in [-0.3, -0.25) is 0 Å². The molecule has 1 unspecified atom stereocenters. The maximum absolute atomic E-state index is 5.87. The predicted molar refractivity (Wildman–Crippen MR) is 66.5 cm³/mol. The maximum Gasteiger partial charge on any atom is 0.0261 e. The van der Waals surface area contributed by atoms with E-state index < -0.39 is 0 Å². The highest BCUT2D eigenvalue weighted by molar-refractivity contribution is 6.18. The summed E-state index contributed by atoms with van der Waals surface area (Å²) in [5.41, 5.74) is 0.765. The van der Waals surface area contributed by atoms with Gasteiger partial charge in [0.2, 0.25) is 0 Å². The molecule has 15 heavy (non-hydrogen) atoms. The van der Waals surface area contributed by atoms with E-state index in [0.29, 0.717) is 5.92 Å². The molecular weight excluding hydrogens is 206 g/mol. The first-order chi connectivity index (χ1) is 7.24. The molecule has 0 aromatic heterocycles. The molecule has 0 bridgehead atoms. The Balaban J connectivity index is 1.76. The van der Waals surface area contributed by atoms with E-state index >= 15 is 0 Å². The topological polar surface area (TPSA) is 3.24 Å². The molecule has 2 rings (SSSR count). The number of piperidine rings is 1. The van der Waals surface area contributed by atoms with Gasteiger partial charge in [-0.1, -0.05) is 19.8 Å². The molecule has 1 saturated carbocycles. The number of halogens is 1. The Labute approximate surface area is 99.2 Å². The predicted octanol–water partition coefficient (Wildman–Crippen LogP) is 3.52. The molecule has 1 heterocycles. The third kappa shape index (κ3) is 2.88. The quantitative estimate of drug-likeness (QED) is 0.670. The zero-order valence-electron chi connectivity index (χ0n) is 9.97. The lowest BCUT2D eigenvalue weighted by molar-refractivity contribution is 0.100. The van der Waals surface area contributed by atoms with E-state index in [4.69, 9.17) is 11.6 Å². The molecule has 1 saturated heterocycles. The van der Waals surface area contributed by atoms with E-state index in [9.17, 15) is 0 Å². The van der Waals surface area contributed by atoms with Gasteiger partial charge >= 0.3 is 0 Å². The lowest BCUT2D eigenvalue weighted by Gasteiger charge is -2.40. The smallest absolute Gasteiger partial charge is 0.0261 e. The van der Waals surface area contributed by atoms with Crippen LogP contribution in [-0.2, 0) is 0 Å². The molecule has 1 aliphatic carbocycles. The van der Waals surface area contributed by atoms with Gasteiger partial charge in [-0.25, -0.2) is 0 Å². The van der Waals surface area contributed by atoms with Crippen molar-refractivity contribution >= 4 is 11.6 Å². The van der Waals surface area contributed by atoms with Crippen LogP contribution in [0.3, 0.4) is 0 Å². The van der Waals surface area contributed by atoms with Crippen molar-refractivity contribution in [2.24, 2.45) is 11.3 Å². The van der Waals surface area contributed by atoms with Crippen LogP contribution in [0.15, 0.2) is 0 Å². The minimum Gasteiger partial charge on any atom is -0.303 e. The molecule has 0 aromatic rings. The van der Waals surface area contributed by atoms with Crippen LogP contribution in [0.25, 0.3) is 0 Å². The molecule has 0 aromatic carbocycles. The highest BCUT2D eigenvalue weighted by Crippen LogP contribution is 2.46. The summed E-state index contributed by atoms with van der Waals surface area (Å²) < 4.78 is 0. The summed E-state index contributed by atoms with van der Waals surface area (Å²) >= 11 is 5.87. The molecule has 1 spiro atoms. The summed E-state index contributed by atoms with van der Waals surface area (Å²) in [4.78, 5) is 2.62. The van der Waals surface area contributed by atoms with Crippen molar-refractivity contribution in [2.75, 3.05) is 25.5 Å². The van der Waals surface area contributed by atoms with E-state index in [2.05, 4.69) is 11.8 Å². The molecule has 0 amide bonds.